The Kier molecular flexibility index (Phi) is 5.46. The summed E-state index contributed by atoms with van der Waals surface area (Å²) in [5.74, 6) is 0. The summed E-state index contributed by atoms with van der Waals surface area (Å²) in [5, 5.41) is 4.26. The average molecular weight is 404 g/mol. The van der Waals surface area contributed by atoms with E-state index in [1.807, 2.05) is 24.3 Å². The summed E-state index contributed by atoms with van der Waals surface area (Å²) in [5.41, 5.74) is 2.45. The molecule has 1 nitrogen and oxygen atoms in total. The summed E-state index contributed by atoms with van der Waals surface area (Å²) < 4.78 is 2.16. The third kappa shape index (κ3) is 4.06. The lowest BCUT2D eigenvalue weighted by molar-refractivity contribution is 0.572. The Bertz CT molecular complexity index is 572. The molecule has 0 aromatic heterocycles. The van der Waals surface area contributed by atoms with Crippen molar-refractivity contribution in [3.8, 4) is 0 Å². The standard InChI is InChI=1S/C15H14Br2ClN/c1-10(13-4-2-3-5-14(13)16)19-9-11-6-7-12(18)8-15(11)17/h2-8,10,19H,9H2,1H3. The molecule has 0 fully saturated rings. The van der Waals surface area contributed by atoms with Gasteiger partial charge >= 0.3 is 0 Å². The SMILES string of the molecule is CC(NCc1ccc(Cl)cc1Br)c1ccccc1Br. The maximum atomic E-state index is 5.94. The lowest BCUT2D eigenvalue weighted by Gasteiger charge is -2.16. The molecule has 19 heavy (non-hydrogen) atoms. The molecule has 0 saturated carbocycles. The first-order valence-electron chi connectivity index (χ1n) is 5.99. The molecule has 0 amide bonds. The zero-order chi connectivity index (χ0) is 13.8. The van der Waals surface area contributed by atoms with Crippen LogP contribution in [0.15, 0.2) is 51.4 Å². The van der Waals surface area contributed by atoms with Crippen LogP contribution in [-0.2, 0) is 6.54 Å². The van der Waals surface area contributed by atoms with E-state index in [2.05, 4.69) is 62.3 Å². The molecule has 0 saturated heterocycles. The monoisotopic (exact) mass is 401 g/mol. The molecule has 1 N–H and O–H groups in total. The fourth-order valence-corrected chi connectivity index (χ4v) is 3.32. The predicted molar refractivity (Wildman–Crippen MR) is 88.5 cm³/mol. The van der Waals surface area contributed by atoms with E-state index in [0.717, 1.165) is 20.5 Å². The van der Waals surface area contributed by atoms with E-state index in [-0.39, 0.29) is 6.04 Å². The summed E-state index contributed by atoms with van der Waals surface area (Å²) in [4.78, 5) is 0. The van der Waals surface area contributed by atoms with E-state index < -0.39 is 0 Å². The van der Waals surface area contributed by atoms with Gasteiger partial charge in [-0.05, 0) is 36.2 Å². The van der Waals surface area contributed by atoms with Crippen molar-refractivity contribution in [3.63, 3.8) is 0 Å². The Morgan fingerprint density at radius 2 is 1.84 bits per heavy atom. The minimum absolute atomic E-state index is 0.276. The van der Waals surface area contributed by atoms with Crippen LogP contribution in [0.4, 0.5) is 0 Å². The molecular weight excluding hydrogens is 389 g/mol. The van der Waals surface area contributed by atoms with Crippen molar-refractivity contribution in [1.29, 1.82) is 0 Å². The molecule has 4 heteroatoms. The molecule has 0 aliphatic rings. The van der Waals surface area contributed by atoms with Crippen LogP contribution < -0.4 is 5.32 Å². The smallest absolute Gasteiger partial charge is 0.0417 e. The summed E-state index contributed by atoms with van der Waals surface area (Å²) in [6.07, 6.45) is 0. The second-order valence-corrected chi connectivity index (χ2v) is 6.50. The molecule has 0 bridgehead atoms. The van der Waals surface area contributed by atoms with Crippen molar-refractivity contribution in [2.45, 2.75) is 19.5 Å². The van der Waals surface area contributed by atoms with E-state index in [1.54, 1.807) is 0 Å². The molecule has 1 unspecified atom stereocenters. The van der Waals surface area contributed by atoms with Gasteiger partial charge in [-0.25, -0.2) is 0 Å². The van der Waals surface area contributed by atoms with E-state index in [1.165, 1.54) is 11.1 Å². The third-order valence-corrected chi connectivity index (χ3v) is 4.68. The predicted octanol–water partition coefficient (Wildman–Crippen LogP) is 5.72. The molecular formula is C15H14Br2ClN. The Morgan fingerprint density at radius 3 is 2.53 bits per heavy atom. The highest BCUT2D eigenvalue weighted by molar-refractivity contribution is 9.10. The van der Waals surface area contributed by atoms with Gasteiger partial charge in [0, 0.05) is 26.6 Å². The first-order valence-corrected chi connectivity index (χ1v) is 7.96. The van der Waals surface area contributed by atoms with Gasteiger partial charge in [0.15, 0.2) is 0 Å². The van der Waals surface area contributed by atoms with E-state index >= 15 is 0 Å². The molecule has 0 spiro atoms. The fraction of sp³-hybridized carbons (Fsp3) is 0.200. The largest absolute Gasteiger partial charge is 0.306 e. The van der Waals surface area contributed by atoms with Gasteiger partial charge in [0.1, 0.15) is 0 Å². The highest BCUT2D eigenvalue weighted by atomic mass is 79.9. The van der Waals surface area contributed by atoms with E-state index in [9.17, 15) is 0 Å². The molecule has 0 aliphatic heterocycles. The van der Waals surface area contributed by atoms with Crippen molar-refractivity contribution in [2.75, 3.05) is 0 Å². The Labute approximate surface area is 135 Å². The van der Waals surface area contributed by atoms with Crippen molar-refractivity contribution >= 4 is 43.5 Å². The molecule has 0 heterocycles. The molecule has 1 atom stereocenters. The van der Waals surface area contributed by atoms with Crippen LogP contribution in [-0.4, -0.2) is 0 Å². The van der Waals surface area contributed by atoms with Gasteiger partial charge in [-0.2, -0.15) is 0 Å². The molecule has 0 aliphatic carbocycles. The second kappa shape index (κ2) is 6.89. The third-order valence-electron chi connectivity index (χ3n) is 2.99. The summed E-state index contributed by atoms with van der Waals surface area (Å²) in [6, 6.07) is 14.4. The molecule has 2 rings (SSSR count). The van der Waals surface area contributed by atoms with Gasteiger partial charge in [-0.1, -0.05) is 67.7 Å². The fourth-order valence-electron chi connectivity index (χ4n) is 1.86. The van der Waals surface area contributed by atoms with E-state index in [0.29, 0.717) is 0 Å². The Morgan fingerprint density at radius 1 is 1.11 bits per heavy atom. The van der Waals surface area contributed by atoms with Crippen LogP contribution in [0.25, 0.3) is 0 Å². The topological polar surface area (TPSA) is 12.0 Å². The maximum Gasteiger partial charge on any atom is 0.0417 e. The second-order valence-electron chi connectivity index (χ2n) is 4.36. The van der Waals surface area contributed by atoms with Crippen molar-refractivity contribution in [3.05, 3.63) is 67.6 Å². The maximum absolute atomic E-state index is 5.94. The van der Waals surface area contributed by atoms with Gasteiger partial charge in [0.2, 0.25) is 0 Å². The van der Waals surface area contributed by atoms with Gasteiger partial charge in [0.05, 0.1) is 0 Å². The van der Waals surface area contributed by atoms with Crippen molar-refractivity contribution < 1.29 is 0 Å². The lowest BCUT2D eigenvalue weighted by atomic mass is 10.1. The molecule has 0 radical (unpaired) electrons. The average Bonchev–Trinajstić information content (AvgIpc) is 2.38. The van der Waals surface area contributed by atoms with Crippen LogP contribution in [0.1, 0.15) is 24.1 Å². The number of hydrogen-bond acceptors (Lipinski definition) is 1. The van der Waals surface area contributed by atoms with Gasteiger partial charge in [0.25, 0.3) is 0 Å². The zero-order valence-electron chi connectivity index (χ0n) is 10.5. The van der Waals surface area contributed by atoms with Crippen LogP contribution >= 0.6 is 43.5 Å². The summed E-state index contributed by atoms with van der Waals surface area (Å²) >= 11 is 13.1. The number of rotatable bonds is 4. The van der Waals surface area contributed by atoms with Crippen LogP contribution in [0.5, 0.6) is 0 Å². The minimum Gasteiger partial charge on any atom is -0.306 e. The zero-order valence-corrected chi connectivity index (χ0v) is 14.4. The first kappa shape index (κ1) is 15.0. The normalized spacial score (nSPS) is 12.4. The molecule has 2 aromatic rings. The highest BCUT2D eigenvalue weighted by Crippen LogP contribution is 2.25. The van der Waals surface area contributed by atoms with Crippen LogP contribution in [0, 0.1) is 0 Å². The number of halogens is 3. The first-order chi connectivity index (χ1) is 9.08. The van der Waals surface area contributed by atoms with Gasteiger partial charge in [-0.15, -0.1) is 0 Å². The minimum atomic E-state index is 0.276. The number of benzene rings is 2. The quantitative estimate of drug-likeness (QED) is 0.689. The Hall–Kier alpha value is -0.350. The van der Waals surface area contributed by atoms with Crippen LogP contribution in [0.3, 0.4) is 0 Å². The van der Waals surface area contributed by atoms with Crippen LogP contribution in [0.2, 0.25) is 5.02 Å². The van der Waals surface area contributed by atoms with Gasteiger partial charge in [-0.3, -0.25) is 0 Å². The summed E-state index contributed by atoms with van der Waals surface area (Å²) in [6.45, 7) is 2.95. The van der Waals surface area contributed by atoms with Crippen molar-refractivity contribution in [2.24, 2.45) is 0 Å². The summed E-state index contributed by atoms with van der Waals surface area (Å²) in [7, 11) is 0. The van der Waals surface area contributed by atoms with Crippen molar-refractivity contribution in [1.82, 2.24) is 5.32 Å². The lowest BCUT2D eigenvalue weighted by Crippen LogP contribution is -2.18. The number of nitrogens with one attached hydrogen (secondary N) is 1. The van der Waals surface area contributed by atoms with E-state index in [4.69, 9.17) is 11.6 Å². The molecule has 100 valence electrons. The van der Waals surface area contributed by atoms with Gasteiger partial charge < -0.3 is 5.32 Å². The molecule has 2 aromatic carbocycles. The Balaban J connectivity index is 2.04. The highest BCUT2D eigenvalue weighted by Gasteiger charge is 2.09. The number of hydrogen-bond donors (Lipinski definition) is 1.